The van der Waals surface area contributed by atoms with Crippen molar-refractivity contribution < 1.29 is 9.76 Å². The van der Waals surface area contributed by atoms with Gasteiger partial charge in [0.2, 0.25) is 0 Å². The molecule has 0 unspecified atom stereocenters. The number of benzene rings is 1. The molecular weight excluding hydrogens is 187 g/mol. The molecular formula is C12H15BO2. The predicted molar refractivity (Wildman–Crippen MR) is 62.3 cm³/mol. The number of phenols is 1. The Morgan fingerprint density at radius 1 is 1.33 bits per heavy atom. The molecule has 1 heterocycles. The summed E-state index contributed by atoms with van der Waals surface area (Å²) >= 11 is 0. The average molecular weight is 202 g/mol. The Balaban J connectivity index is 2.21. The van der Waals surface area contributed by atoms with E-state index in [1.54, 1.807) is 12.1 Å². The summed E-state index contributed by atoms with van der Waals surface area (Å²) in [6.45, 7) is 8.27. The van der Waals surface area contributed by atoms with E-state index < -0.39 is 0 Å². The van der Waals surface area contributed by atoms with E-state index in [0.29, 0.717) is 0 Å². The van der Waals surface area contributed by atoms with Crippen molar-refractivity contribution in [2.24, 2.45) is 5.41 Å². The van der Waals surface area contributed by atoms with Gasteiger partial charge < -0.3 is 9.76 Å². The fourth-order valence-electron chi connectivity index (χ4n) is 1.83. The second kappa shape index (κ2) is 3.33. The normalized spacial score (nSPS) is 19.1. The van der Waals surface area contributed by atoms with Crippen molar-refractivity contribution in [2.75, 3.05) is 0 Å². The largest absolute Gasteiger partial charge is 0.559 e. The molecule has 0 saturated carbocycles. The average Bonchev–Trinajstić information content (AvgIpc) is 2.42. The molecule has 0 bridgehead atoms. The molecule has 1 aromatic rings. The van der Waals surface area contributed by atoms with Crippen LogP contribution in [0.1, 0.15) is 13.8 Å². The zero-order chi connectivity index (χ0) is 11.1. The van der Waals surface area contributed by atoms with Crippen molar-refractivity contribution in [3.63, 3.8) is 0 Å². The Bertz CT molecular complexity index is 381. The van der Waals surface area contributed by atoms with Crippen molar-refractivity contribution in [3.05, 3.63) is 36.6 Å². The molecule has 1 N–H and O–H groups in total. The monoisotopic (exact) mass is 202 g/mol. The van der Waals surface area contributed by atoms with Gasteiger partial charge in [-0.1, -0.05) is 32.6 Å². The van der Waals surface area contributed by atoms with Crippen LogP contribution < -0.4 is 5.46 Å². The zero-order valence-electron chi connectivity index (χ0n) is 9.16. The van der Waals surface area contributed by atoms with Crippen LogP contribution in [-0.4, -0.2) is 12.0 Å². The van der Waals surface area contributed by atoms with E-state index >= 15 is 0 Å². The molecule has 15 heavy (non-hydrogen) atoms. The van der Waals surface area contributed by atoms with Gasteiger partial charge in [0.25, 0.3) is 0 Å². The molecule has 3 heteroatoms. The first-order chi connectivity index (χ1) is 6.99. The second-order valence-electron chi connectivity index (χ2n) is 4.71. The Morgan fingerprint density at radius 2 is 1.93 bits per heavy atom. The van der Waals surface area contributed by atoms with E-state index in [1.807, 2.05) is 12.1 Å². The highest BCUT2D eigenvalue weighted by Crippen LogP contribution is 2.38. The molecule has 1 aliphatic heterocycles. The molecule has 1 aliphatic rings. The lowest BCUT2D eigenvalue weighted by atomic mass is 9.55. The van der Waals surface area contributed by atoms with Gasteiger partial charge in [-0.3, -0.25) is 0 Å². The summed E-state index contributed by atoms with van der Waals surface area (Å²) < 4.78 is 5.73. The first kappa shape index (κ1) is 10.2. The first-order valence-electron chi connectivity index (χ1n) is 5.14. The maximum Gasteiger partial charge on any atom is 0.392 e. The van der Waals surface area contributed by atoms with Gasteiger partial charge in [0.15, 0.2) is 0 Å². The molecule has 78 valence electrons. The topological polar surface area (TPSA) is 29.5 Å². The van der Waals surface area contributed by atoms with Crippen LogP contribution in [0.5, 0.6) is 5.75 Å². The lowest BCUT2D eigenvalue weighted by Gasteiger charge is -2.15. The Kier molecular flexibility index (Phi) is 2.26. The van der Waals surface area contributed by atoms with Crippen LogP contribution in [0.3, 0.4) is 0 Å². The molecule has 1 fully saturated rings. The van der Waals surface area contributed by atoms with Crippen molar-refractivity contribution in [3.8, 4) is 5.75 Å². The number of allylic oxidation sites excluding steroid dienone is 1. The van der Waals surface area contributed by atoms with E-state index in [0.717, 1.165) is 17.5 Å². The van der Waals surface area contributed by atoms with Gasteiger partial charge >= 0.3 is 6.92 Å². The van der Waals surface area contributed by atoms with Gasteiger partial charge in [0.05, 0.1) is 5.76 Å². The van der Waals surface area contributed by atoms with Crippen LogP contribution in [0.4, 0.5) is 0 Å². The predicted octanol–water partition coefficient (Wildman–Crippen LogP) is 2.16. The number of hydrogen-bond acceptors (Lipinski definition) is 2. The summed E-state index contributed by atoms with van der Waals surface area (Å²) in [5, 5.41) is 9.20. The first-order valence-corrected chi connectivity index (χ1v) is 5.14. The van der Waals surface area contributed by atoms with Gasteiger partial charge in [-0.15, -0.1) is 0 Å². The van der Waals surface area contributed by atoms with Crippen molar-refractivity contribution in [2.45, 2.75) is 20.2 Å². The summed E-state index contributed by atoms with van der Waals surface area (Å²) in [6.07, 6.45) is 0.941. The third-order valence-electron chi connectivity index (χ3n) is 3.00. The maximum absolute atomic E-state index is 9.20. The fourth-order valence-corrected chi connectivity index (χ4v) is 1.83. The van der Waals surface area contributed by atoms with Gasteiger partial charge in [-0.25, -0.2) is 0 Å². The standard InChI is InChI=1S/C12H15BO2/c1-9-12(2,3)8-13(15-9)10-4-6-11(14)7-5-10/h4-7,14H,1,8H2,2-3H3. The lowest BCUT2D eigenvalue weighted by Crippen LogP contribution is -2.29. The van der Waals surface area contributed by atoms with Crippen LogP contribution in [0.15, 0.2) is 36.6 Å². The van der Waals surface area contributed by atoms with Gasteiger partial charge in [0, 0.05) is 5.41 Å². The number of hydrogen-bond donors (Lipinski definition) is 1. The highest BCUT2D eigenvalue weighted by atomic mass is 16.4. The third-order valence-corrected chi connectivity index (χ3v) is 3.00. The number of aromatic hydroxyl groups is 1. The van der Waals surface area contributed by atoms with Gasteiger partial charge in [-0.05, 0) is 23.9 Å². The zero-order valence-corrected chi connectivity index (χ0v) is 9.16. The fraction of sp³-hybridized carbons (Fsp3) is 0.333. The van der Waals surface area contributed by atoms with Crippen molar-refractivity contribution in [1.29, 1.82) is 0 Å². The van der Waals surface area contributed by atoms with E-state index in [-0.39, 0.29) is 18.1 Å². The summed E-state index contributed by atoms with van der Waals surface area (Å²) in [5.41, 5.74) is 1.14. The summed E-state index contributed by atoms with van der Waals surface area (Å²) in [6, 6.07) is 7.17. The molecule has 1 saturated heterocycles. The smallest absolute Gasteiger partial charge is 0.392 e. The molecule has 0 spiro atoms. The molecule has 1 aromatic carbocycles. The van der Waals surface area contributed by atoms with Gasteiger partial charge in [-0.2, -0.15) is 0 Å². The molecule has 0 amide bonds. The highest BCUT2D eigenvalue weighted by molar-refractivity contribution is 6.68. The van der Waals surface area contributed by atoms with Crippen molar-refractivity contribution >= 4 is 12.4 Å². The van der Waals surface area contributed by atoms with E-state index in [2.05, 4.69) is 20.4 Å². The minimum absolute atomic E-state index is 0.0442. The van der Waals surface area contributed by atoms with Crippen molar-refractivity contribution in [1.82, 2.24) is 0 Å². The molecule has 0 aromatic heterocycles. The molecule has 2 rings (SSSR count). The molecule has 0 radical (unpaired) electrons. The second-order valence-corrected chi connectivity index (χ2v) is 4.71. The minimum atomic E-state index is 0.0442. The molecule has 0 atom stereocenters. The number of phenolic OH excluding ortho intramolecular Hbond substituents is 1. The Morgan fingerprint density at radius 3 is 2.40 bits per heavy atom. The number of rotatable bonds is 1. The van der Waals surface area contributed by atoms with Crippen LogP contribution in [0.25, 0.3) is 0 Å². The SMILES string of the molecule is C=C1OB(c2ccc(O)cc2)CC1(C)C. The third kappa shape index (κ3) is 1.87. The Labute approximate surface area is 90.7 Å². The highest BCUT2D eigenvalue weighted by Gasteiger charge is 2.40. The van der Waals surface area contributed by atoms with E-state index in [4.69, 9.17) is 4.65 Å². The molecule has 0 aliphatic carbocycles. The van der Waals surface area contributed by atoms with Crippen LogP contribution in [0, 0.1) is 5.41 Å². The quantitative estimate of drug-likeness (QED) is 0.707. The van der Waals surface area contributed by atoms with E-state index in [1.165, 1.54) is 0 Å². The maximum atomic E-state index is 9.20. The lowest BCUT2D eigenvalue weighted by molar-refractivity contribution is 0.362. The summed E-state index contributed by atoms with van der Waals surface area (Å²) in [7, 11) is 0. The van der Waals surface area contributed by atoms with Gasteiger partial charge in [0.1, 0.15) is 5.75 Å². The Hall–Kier alpha value is -1.38. The van der Waals surface area contributed by atoms with Crippen LogP contribution in [0.2, 0.25) is 6.32 Å². The van der Waals surface area contributed by atoms with Crippen LogP contribution >= 0.6 is 0 Å². The van der Waals surface area contributed by atoms with Crippen LogP contribution in [-0.2, 0) is 4.65 Å². The summed E-state index contributed by atoms with van der Waals surface area (Å²) in [5.74, 6) is 1.13. The minimum Gasteiger partial charge on any atom is -0.559 e. The summed E-state index contributed by atoms with van der Waals surface area (Å²) in [4.78, 5) is 0. The molecule has 2 nitrogen and oxygen atoms in total. The van der Waals surface area contributed by atoms with E-state index in [9.17, 15) is 5.11 Å².